The van der Waals surface area contributed by atoms with E-state index in [1.165, 1.54) is 4.90 Å². The van der Waals surface area contributed by atoms with Gasteiger partial charge in [0.15, 0.2) is 0 Å². The summed E-state index contributed by atoms with van der Waals surface area (Å²) in [6.07, 6.45) is 1.77. The van der Waals surface area contributed by atoms with Gasteiger partial charge in [-0.3, -0.25) is 19.5 Å². The van der Waals surface area contributed by atoms with Crippen molar-refractivity contribution in [3.05, 3.63) is 77.0 Å². The molecule has 3 aromatic rings. The third kappa shape index (κ3) is 1.96. The highest BCUT2D eigenvalue weighted by Crippen LogP contribution is 2.33. The van der Waals surface area contributed by atoms with E-state index in [4.69, 9.17) is 0 Å². The number of nitrogens with zero attached hydrogens (tertiary/aromatic N) is 2. The number of aromatic nitrogens is 1. The number of para-hydroxylation sites is 1. The third-order valence-corrected chi connectivity index (χ3v) is 4.75. The smallest absolute Gasteiger partial charge is 0.262 e. The summed E-state index contributed by atoms with van der Waals surface area (Å²) < 4.78 is 0. The van der Waals surface area contributed by atoms with Crippen LogP contribution in [0.4, 0.5) is 0 Å². The maximum absolute atomic E-state index is 12.7. The van der Waals surface area contributed by atoms with Gasteiger partial charge in [0.1, 0.15) is 0 Å². The van der Waals surface area contributed by atoms with Crippen molar-refractivity contribution in [1.82, 2.24) is 9.88 Å². The standard InChI is InChI=1S/C20H16N2O2/c1-12-14-7-5-6-10-18(14)21-11-17(12)13(2)22-19(23)15-8-3-4-9-16(15)20(22)24/h3-11,13H,1-2H3. The number of benzene rings is 2. The average molecular weight is 316 g/mol. The summed E-state index contributed by atoms with van der Waals surface area (Å²) in [7, 11) is 0. The van der Waals surface area contributed by atoms with Crippen molar-refractivity contribution in [2.75, 3.05) is 0 Å². The molecule has 0 fully saturated rings. The van der Waals surface area contributed by atoms with E-state index in [1.807, 2.05) is 38.1 Å². The zero-order chi connectivity index (χ0) is 16.8. The molecule has 2 heterocycles. The lowest BCUT2D eigenvalue weighted by atomic mass is 9.99. The Labute approximate surface area is 139 Å². The molecule has 1 unspecified atom stereocenters. The van der Waals surface area contributed by atoms with Gasteiger partial charge in [0, 0.05) is 11.6 Å². The molecule has 0 spiro atoms. The number of rotatable bonds is 2. The van der Waals surface area contributed by atoms with Gasteiger partial charge in [-0.25, -0.2) is 0 Å². The predicted octanol–water partition coefficient (Wildman–Crippen LogP) is 3.90. The lowest BCUT2D eigenvalue weighted by molar-refractivity contribution is 0.0595. The van der Waals surface area contributed by atoms with Crippen LogP contribution in [0.3, 0.4) is 0 Å². The normalized spacial score (nSPS) is 15.0. The quantitative estimate of drug-likeness (QED) is 0.674. The molecule has 2 aromatic carbocycles. The number of imide groups is 1. The number of hydrogen-bond acceptors (Lipinski definition) is 3. The molecule has 0 N–H and O–H groups in total. The van der Waals surface area contributed by atoms with Gasteiger partial charge in [0.2, 0.25) is 0 Å². The fourth-order valence-corrected chi connectivity index (χ4v) is 3.41. The highest BCUT2D eigenvalue weighted by Gasteiger charge is 2.39. The van der Waals surface area contributed by atoms with Crippen molar-refractivity contribution in [3.63, 3.8) is 0 Å². The van der Waals surface area contributed by atoms with E-state index >= 15 is 0 Å². The van der Waals surface area contributed by atoms with E-state index in [2.05, 4.69) is 4.98 Å². The van der Waals surface area contributed by atoms with Gasteiger partial charge in [-0.2, -0.15) is 0 Å². The third-order valence-electron chi connectivity index (χ3n) is 4.75. The minimum Gasteiger partial charge on any atom is -0.269 e. The first-order valence-electron chi connectivity index (χ1n) is 7.90. The lowest BCUT2D eigenvalue weighted by Gasteiger charge is -2.24. The molecule has 1 aliphatic heterocycles. The molecule has 1 aromatic heterocycles. The molecule has 118 valence electrons. The molecule has 4 rings (SSSR count). The SMILES string of the molecule is Cc1c(C(C)N2C(=O)c3ccccc3C2=O)cnc2ccccc12. The number of carbonyl (C=O) groups excluding carboxylic acids is 2. The van der Waals surface area contributed by atoms with Crippen molar-refractivity contribution in [3.8, 4) is 0 Å². The summed E-state index contributed by atoms with van der Waals surface area (Å²) in [4.78, 5) is 31.2. The molecule has 2 amide bonds. The Morgan fingerprint density at radius 1 is 0.917 bits per heavy atom. The number of amides is 2. The van der Waals surface area contributed by atoms with Crippen LogP contribution < -0.4 is 0 Å². The molecular formula is C20H16N2O2. The van der Waals surface area contributed by atoms with Gasteiger partial charge in [-0.1, -0.05) is 30.3 Å². The van der Waals surface area contributed by atoms with Gasteiger partial charge >= 0.3 is 0 Å². The number of hydrogen-bond donors (Lipinski definition) is 0. The van der Waals surface area contributed by atoms with Crippen LogP contribution in [-0.2, 0) is 0 Å². The van der Waals surface area contributed by atoms with Gasteiger partial charge < -0.3 is 0 Å². The molecule has 1 aliphatic rings. The van der Waals surface area contributed by atoms with Crippen LogP contribution in [0.1, 0.15) is 44.8 Å². The number of fused-ring (bicyclic) bond motifs is 2. The maximum atomic E-state index is 12.7. The summed E-state index contributed by atoms with van der Waals surface area (Å²) >= 11 is 0. The van der Waals surface area contributed by atoms with Crippen LogP contribution in [0.2, 0.25) is 0 Å². The first-order chi connectivity index (χ1) is 11.6. The van der Waals surface area contributed by atoms with Crippen molar-refractivity contribution >= 4 is 22.7 Å². The zero-order valence-electron chi connectivity index (χ0n) is 13.5. The van der Waals surface area contributed by atoms with Crippen LogP contribution in [0.25, 0.3) is 10.9 Å². The van der Waals surface area contributed by atoms with Crippen molar-refractivity contribution in [2.24, 2.45) is 0 Å². The molecule has 1 atom stereocenters. The molecule has 24 heavy (non-hydrogen) atoms. The second kappa shape index (κ2) is 5.27. The molecule has 0 saturated carbocycles. The zero-order valence-corrected chi connectivity index (χ0v) is 13.5. The van der Waals surface area contributed by atoms with Crippen LogP contribution in [0, 0.1) is 6.92 Å². The van der Waals surface area contributed by atoms with E-state index in [1.54, 1.807) is 30.5 Å². The van der Waals surface area contributed by atoms with E-state index in [9.17, 15) is 9.59 Å². The van der Waals surface area contributed by atoms with E-state index in [0.717, 1.165) is 22.0 Å². The van der Waals surface area contributed by atoms with Crippen LogP contribution in [0.5, 0.6) is 0 Å². The minimum absolute atomic E-state index is 0.240. The topological polar surface area (TPSA) is 50.3 Å². The molecule has 0 bridgehead atoms. The number of aryl methyl sites for hydroxylation is 1. The minimum atomic E-state index is -0.366. The lowest BCUT2D eigenvalue weighted by Crippen LogP contribution is -2.33. The Morgan fingerprint density at radius 3 is 2.17 bits per heavy atom. The van der Waals surface area contributed by atoms with Gasteiger partial charge in [0.05, 0.1) is 22.7 Å². The molecule has 4 heteroatoms. The molecule has 0 saturated heterocycles. The van der Waals surface area contributed by atoms with Crippen LogP contribution >= 0.6 is 0 Å². The first-order valence-corrected chi connectivity index (χ1v) is 7.90. The van der Waals surface area contributed by atoms with Gasteiger partial charge in [0.25, 0.3) is 11.8 Å². The summed E-state index contributed by atoms with van der Waals surface area (Å²) in [6.45, 7) is 3.88. The molecular weight excluding hydrogens is 300 g/mol. The number of carbonyl (C=O) groups is 2. The fourth-order valence-electron chi connectivity index (χ4n) is 3.41. The Bertz CT molecular complexity index is 959. The van der Waals surface area contributed by atoms with Crippen molar-refractivity contribution in [1.29, 1.82) is 0 Å². The summed E-state index contributed by atoms with van der Waals surface area (Å²) in [5.74, 6) is -0.480. The average Bonchev–Trinajstić information content (AvgIpc) is 2.86. The highest BCUT2D eigenvalue weighted by atomic mass is 16.2. The second-order valence-corrected chi connectivity index (χ2v) is 6.06. The van der Waals surface area contributed by atoms with Gasteiger partial charge in [-0.05, 0) is 43.2 Å². The fraction of sp³-hybridized carbons (Fsp3) is 0.150. The van der Waals surface area contributed by atoms with E-state index in [-0.39, 0.29) is 17.9 Å². The predicted molar refractivity (Wildman–Crippen MR) is 91.8 cm³/mol. The monoisotopic (exact) mass is 316 g/mol. The summed E-state index contributed by atoms with van der Waals surface area (Å²) in [6, 6.07) is 14.5. The summed E-state index contributed by atoms with van der Waals surface area (Å²) in [5.41, 5.74) is 3.79. The first kappa shape index (κ1) is 14.6. The van der Waals surface area contributed by atoms with Crippen LogP contribution in [0.15, 0.2) is 54.7 Å². The van der Waals surface area contributed by atoms with E-state index in [0.29, 0.717) is 11.1 Å². The summed E-state index contributed by atoms with van der Waals surface area (Å²) in [5, 5.41) is 1.04. The largest absolute Gasteiger partial charge is 0.269 e. The Balaban J connectivity index is 1.80. The van der Waals surface area contributed by atoms with Crippen molar-refractivity contribution < 1.29 is 9.59 Å². The van der Waals surface area contributed by atoms with Crippen LogP contribution in [-0.4, -0.2) is 21.7 Å². The Morgan fingerprint density at radius 2 is 1.50 bits per heavy atom. The second-order valence-electron chi connectivity index (χ2n) is 6.06. The molecule has 0 aliphatic carbocycles. The molecule has 0 radical (unpaired) electrons. The Hall–Kier alpha value is -3.01. The van der Waals surface area contributed by atoms with Crippen molar-refractivity contribution in [2.45, 2.75) is 19.9 Å². The number of pyridine rings is 1. The van der Waals surface area contributed by atoms with E-state index < -0.39 is 0 Å². The van der Waals surface area contributed by atoms with Gasteiger partial charge in [-0.15, -0.1) is 0 Å². The highest BCUT2D eigenvalue weighted by molar-refractivity contribution is 6.21. The molecule has 4 nitrogen and oxygen atoms in total. The maximum Gasteiger partial charge on any atom is 0.262 e. The Kier molecular flexibility index (Phi) is 3.20.